The lowest BCUT2D eigenvalue weighted by Crippen LogP contribution is -2.33. The molecule has 6 nitrogen and oxygen atoms in total. The fourth-order valence-electron chi connectivity index (χ4n) is 3.10. The molecule has 3 aromatic carbocycles. The Morgan fingerprint density at radius 3 is 2.19 bits per heavy atom. The maximum absolute atomic E-state index is 12.9. The van der Waals surface area contributed by atoms with Gasteiger partial charge in [0, 0.05) is 18.0 Å². The molecule has 0 heterocycles. The summed E-state index contributed by atoms with van der Waals surface area (Å²) in [6, 6.07) is 19.9. The van der Waals surface area contributed by atoms with Crippen LogP contribution in [0.15, 0.2) is 77.7 Å². The molecule has 8 heteroatoms. The lowest BCUT2D eigenvalue weighted by Gasteiger charge is -2.19. The van der Waals surface area contributed by atoms with Crippen molar-refractivity contribution in [3.05, 3.63) is 94.5 Å². The van der Waals surface area contributed by atoms with Crippen LogP contribution in [0.2, 0.25) is 5.02 Å². The molecule has 2 N–H and O–H groups in total. The number of halogens is 1. The van der Waals surface area contributed by atoms with Gasteiger partial charge in [-0.2, -0.15) is 0 Å². The second-order valence-corrected chi connectivity index (χ2v) is 9.52. The zero-order chi connectivity index (χ0) is 23.1. The van der Waals surface area contributed by atoms with Gasteiger partial charge in [-0.1, -0.05) is 53.6 Å². The second kappa shape index (κ2) is 10.6. The Labute approximate surface area is 193 Å². The zero-order valence-corrected chi connectivity index (χ0v) is 19.4. The third kappa shape index (κ3) is 6.56. The van der Waals surface area contributed by atoms with Gasteiger partial charge >= 0.3 is 0 Å². The molecule has 3 aromatic rings. The number of carbonyl (C=O) groups excluding carboxylic acids is 1. The number of ether oxygens (including phenoxy) is 1. The van der Waals surface area contributed by atoms with Gasteiger partial charge < -0.3 is 10.1 Å². The first kappa shape index (κ1) is 23.8. The van der Waals surface area contributed by atoms with Gasteiger partial charge in [0.2, 0.25) is 15.9 Å². The van der Waals surface area contributed by atoms with Crippen LogP contribution in [0, 0.1) is 6.92 Å². The zero-order valence-electron chi connectivity index (χ0n) is 17.8. The quantitative estimate of drug-likeness (QED) is 0.484. The molecule has 1 amide bonds. The molecule has 1 unspecified atom stereocenters. The molecule has 0 radical (unpaired) electrons. The van der Waals surface area contributed by atoms with Gasteiger partial charge in [-0.3, -0.25) is 4.79 Å². The van der Waals surface area contributed by atoms with Crippen molar-refractivity contribution in [3.63, 3.8) is 0 Å². The van der Waals surface area contributed by atoms with Crippen molar-refractivity contribution in [2.24, 2.45) is 0 Å². The number of methoxy groups -OCH3 is 1. The molecule has 0 spiro atoms. The third-order valence-electron chi connectivity index (χ3n) is 4.94. The minimum absolute atomic E-state index is 0.0645. The lowest BCUT2D eigenvalue weighted by molar-refractivity contribution is -0.121. The minimum Gasteiger partial charge on any atom is -0.497 e. The third-order valence-corrected chi connectivity index (χ3v) is 6.68. The maximum Gasteiger partial charge on any atom is 0.241 e. The number of benzene rings is 3. The summed E-state index contributed by atoms with van der Waals surface area (Å²) in [5, 5.41) is 3.29. The molecule has 0 saturated heterocycles. The van der Waals surface area contributed by atoms with E-state index in [1.54, 1.807) is 31.4 Å². The topological polar surface area (TPSA) is 84.5 Å². The molecule has 0 bridgehead atoms. The van der Waals surface area contributed by atoms with E-state index in [9.17, 15) is 13.2 Å². The predicted octanol–water partition coefficient (Wildman–Crippen LogP) is 4.38. The SMILES string of the molecule is COc1ccc(C(CC(=O)NCc2ccc(C)cc2)NS(=O)(=O)c2ccc(Cl)cc2)cc1. The maximum atomic E-state index is 12.9. The summed E-state index contributed by atoms with van der Waals surface area (Å²) in [5.74, 6) is 0.363. The van der Waals surface area contributed by atoms with Crippen molar-refractivity contribution >= 4 is 27.5 Å². The van der Waals surface area contributed by atoms with Gasteiger partial charge in [-0.25, -0.2) is 13.1 Å². The average molecular weight is 473 g/mol. The Morgan fingerprint density at radius 1 is 0.969 bits per heavy atom. The van der Waals surface area contributed by atoms with E-state index in [1.807, 2.05) is 31.2 Å². The van der Waals surface area contributed by atoms with E-state index in [0.29, 0.717) is 22.9 Å². The van der Waals surface area contributed by atoms with E-state index in [4.69, 9.17) is 16.3 Å². The molecule has 1 atom stereocenters. The smallest absolute Gasteiger partial charge is 0.241 e. The van der Waals surface area contributed by atoms with Crippen molar-refractivity contribution in [1.29, 1.82) is 0 Å². The van der Waals surface area contributed by atoms with Gasteiger partial charge in [0.05, 0.1) is 18.0 Å². The fourth-order valence-corrected chi connectivity index (χ4v) is 4.45. The van der Waals surface area contributed by atoms with Gasteiger partial charge in [-0.15, -0.1) is 0 Å². The summed E-state index contributed by atoms with van der Waals surface area (Å²) in [6.07, 6.45) is -0.0645. The molecule has 168 valence electrons. The number of hydrogen-bond acceptors (Lipinski definition) is 4. The largest absolute Gasteiger partial charge is 0.497 e. The summed E-state index contributed by atoms with van der Waals surface area (Å²) in [5.41, 5.74) is 2.75. The molecule has 0 aliphatic carbocycles. The van der Waals surface area contributed by atoms with Crippen LogP contribution in [0.1, 0.15) is 29.2 Å². The minimum atomic E-state index is -3.88. The Bertz CT molecular complexity index is 1150. The summed E-state index contributed by atoms with van der Waals surface area (Å²) >= 11 is 5.87. The molecule has 0 aromatic heterocycles. The van der Waals surface area contributed by atoms with E-state index in [1.165, 1.54) is 24.3 Å². The summed E-state index contributed by atoms with van der Waals surface area (Å²) in [6.45, 7) is 2.35. The van der Waals surface area contributed by atoms with Crippen molar-refractivity contribution < 1.29 is 17.9 Å². The van der Waals surface area contributed by atoms with Crippen LogP contribution < -0.4 is 14.8 Å². The van der Waals surface area contributed by atoms with Crippen LogP contribution in [0.5, 0.6) is 5.75 Å². The van der Waals surface area contributed by atoms with Crippen molar-refractivity contribution in [3.8, 4) is 5.75 Å². The van der Waals surface area contributed by atoms with E-state index in [-0.39, 0.29) is 17.2 Å². The number of carbonyl (C=O) groups is 1. The van der Waals surface area contributed by atoms with E-state index in [2.05, 4.69) is 10.0 Å². The van der Waals surface area contributed by atoms with Crippen molar-refractivity contribution in [1.82, 2.24) is 10.0 Å². The first-order valence-electron chi connectivity index (χ1n) is 10.0. The number of nitrogens with one attached hydrogen (secondary N) is 2. The highest BCUT2D eigenvalue weighted by Crippen LogP contribution is 2.24. The van der Waals surface area contributed by atoms with Crippen LogP contribution in [0.3, 0.4) is 0 Å². The summed E-state index contributed by atoms with van der Waals surface area (Å²) in [7, 11) is -2.33. The molecule has 0 fully saturated rings. The monoisotopic (exact) mass is 472 g/mol. The lowest BCUT2D eigenvalue weighted by atomic mass is 10.0. The number of rotatable bonds is 9. The number of hydrogen-bond donors (Lipinski definition) is 2. The van der Waals surface area contributed by atoms with Crippen LogP contribution in [0.4, 0.5) is 0 Å². The average Bonchev–Trinajstić information content (AvgIpc) is 2.78. The normalized spacial score (nSPS) is 12.2. The molecule has 0 aliphatic rings. The molecular weight excluding hydrogens is 448 g/mol. The second-order valence-electron chi connectivity index (χ2n) is 7.37. The molecular formula is C24H25ClN2O4S. The van der Waals surface area contributed by atoms with Crippen LogP contribution in [-0.2, 0) is 21.4 Å². The Morgan fingerprint density at radius 2 is 1.59 bits per heavy atom. The van der Waals surface area contributed by atoms with Gasteiger partial charge in [0.1, 0.15) is 5.75 Å². The van der Waals surface area contributed by atoms with Gasteiger partial charge in [-0.05, 0) is 54.4 Å². The fraction of sp³-hybridized carbons (Fsp3) is 0.208. The highest BCUT2D eigenvalue weighted by molar-refractivity contribution is 7.89. The van der Waals surface area contributed by atoms with E-state index in [0.717, 1.165) is 11.1 Å². The van der Waals surface area contributed by atoms with Gasteiger partial charge in [0.25, 0.3) is 0 Å². The van der Waals surface area contributed by atoms with Crippen molar-refractivity contribution in [2.45, 2.75) is 30.8 Å². The Kier molecular flexibility index (Phi) is 7.90. The molecule has 0 aliphatic heterocycles. The van der Waals surface area contributed by atoms with Gasteiger partial charge in [0.15, 0.2) is 0 Å². The summed E-state index contributed by atoms with van der Waals surface area (Å²) in [4.78, 5) is 12.7. The number of amides is 1. The Balaban J connectivity index is 1.77. The van der Waals surface area contributed by atoms with E-state index < -0.39 is 16.1 Å². The molecule has 0 saturated carbocycles. The standard InChI is InChI=1S/C24H25ClN2O4S/c1-17-3-5-18(6-4-17)16-26-24(28)15-23(19-7-11-21(31-2)12-8-19)27-32(29,30)22-13-9-20(25)10-14-22/h3-14,23,27H,15-16H2,1-2H3,(H,26,28). The predicted molar refractivity (Wildman–Crippen MR) is 125 cm³/mol. The van der Waals surface area contributed by atoms with Crippen LogP contribution in [-0.4, -0.2) is 21.4 Å². The first-order chi connectivity index (χ1) is 15.3. The number of aryl methyl sites for hydroxylation is 1. The molecule has 3 rings (SSSR count). The van der Waals surface area contributed by atoms with Crippen LogP contribution in [0.25, 0.3) is 0 Å². The Hall–Kier alpha value is -2.87. The van der Waals surface area contributed by atoms with E-state index >= 15 is 0 Å². The highest BCUT2D eigenvalue weighted by atomic mass is 35.5. The first-order valence-corrected chi connectivity index (χ1v) is 11.9. The van der Waals surface area contributed by atoms with Crippen LogP contribution >= 0.6 is 11.6 Å². The van der Waals surface area contributed by atoms with Crippen molar-refractivity contribution in [2.75, 3.05) is 7.11 Å². The molecule has 32 heavy (non-hydrogen) atoms. The highest BCUT2D eigenvalue weighted by Gasteiger charge is 2.24. The summed E-state index contributed by atoms with van der Waals surface area (Å²) < 4.78 is 33.7. The number of sulfonamides is 1.